The van der Waals surface area contributed by atoms with Crippen LogP contribution in [-0.2, 0) is 10.4 Å². The number of nitrogens with one attached hydrogen (secondary N) is 1. The molecule has 0 atom stereocenters. The van der Waals surface area contributed by atoms with Gasteiger partial charge in [-0.25, -0.2) is 13.4 Å². The van der Waals surface area contributed by atoms with Gasteiger partial charge in [0.25, 0.3) is 0 Å². The maximum Gasteiger partial charge on any atom is 0.215 e. The molecular weight excluding hydrogens is 244 g/mol. The Bertz CT molecular complexity index is 498. The van der Waals surface area contributed by atoms with Gasteiger partial charge in [-0.05, 0) is 23.3 Å². The lowest BCUT2D eigenvalue weighted by Crippen LogP contribution is -1.96. The smallest absolute Gasteiger partial charge is 0.215 e. The van der Waals surface area contributed by atoms with Gasteiger partial charge in [-0.15, -0.1) is 0 Å². The maximum absolute atomic E-state index is 8.63. The Labute approximate surface area is 98.6 Å². The van der Waals surface area contributed by atoms with E-state index >= 15 is 0 Å². The largest absolute Gasteiger partial charge is 0.726 e. The van der Waals surface area contributed by atoms with Crippen LogP contribution in [0.2, 0.25) is 0 Å². The van der Waals surface area contributed by atoms with E-state index in [0.717, 1.165) is 0 Å². The van der Waals surface area contributed by atoms with Crippen LogP contribution in [-0.4, -0.2) is 22.5 Å². The van der Waals surface area contributed by atoms with E-state index in [-0.39, 0.29) is 0 Å². The van der Waals surface area contributed by atoms with Crippen LogP contribution in [0.4, 0.5) is 0 Å². The molecule has 0 fully saturated rings. The van der Waals surface area contributed by atoms with Crippen LogP contribution in [0.1, 0.15) is 0 Å². The standard InChI is InChI=1S/C10H8N2.H2O4S/c1-5-11-6-2-9(1)10-3-7-12-8-4-10;1-5(2,3)4/h1-8H;(H2,1,2,3,4). The molecule has 0 saturated heterocycles. The van der Waals surface area contributed by atoms with Crippen molar-refractivity contribution < 1.29 is 22.5 Å². The summed E-state index contributed by atoms with van der Waals surface area (Å²) in [5.41, 5.74) is 2.40. The lowest BCUT2D eigenvalue weighted by atomic mass is 10.1. The first-order chi connectivity index (χ1) is 7.97. The highest BCUT2D eigenvalue weighted by Gasteiger charge is 1.95. The molecule has 0 aliphatic heterocycles. The molecule has 90 valence electrons. The summed E-state index contributed by atoms with van der Waals surface area (Å²) in [6.45, 7) is 0. The Morgan fingerprint density at radius 3 is 1.94 bits per heavy atom. The summed E-state index contributed by atoms with van der Waals surface area (Å²) in [5.74, 6) is 0. The molecule has 0 amide bonds. The van der Waals surface area contributed by atoms with Gasteiger partial charge in [0.2, 0.25) is 10.4 Å². The van der Waals surface area contributed by atoms with E-state index in [4.69, 9.17) is 17.5 Å². The fourth-order valence-electron chi connectivity index (χ4n) is 1.12. The first-order valence-electron chi connectivity index (χ1n) is 4.51. The molecule has 0 radical (unpaired) electrons. The average Bonchev–Trinajstić information content (AvgIpc) is 2.29. The molecule has 0 bridgehead atoms. The second kappa shape index (κ2) is 6.04. The van der Waals surface area contributed by atoms with Gasteiger partial charge >= 0.3 is 0 Å². The molecule has 0 aliphatic rings. The second-order valence-corrected chi connectivity index (χ2v) is 3.81. The molecule has 0 aromatic carbocycles. The maximum atomic E-state index is 8.63. The molecule has 2 aromatic heterocycles. The molecule has 0 spiro atoms. The van der Waals surface area contributed by atoms with Gasteiger partial charge < -0.3 is 4.55 Å². The van der Waals surface area contributed by atoms with Gasteiger partial charge in [-0.1, -0.05) is 0 Å². The van der Waals surface area contributed by atoms with Crippen LogP contribution in [0.3, 0.4) is 0 Å². The Morgan fingerprint density at radius 1 is 1.06 bits per heavy atom. The zero-order valence-corrected chi connectivity index (χ0v) is 9.46. The summed E-state index contributed by atoms with van der Waals surface area (Å²) < 4.78 is 32.8. The van der Waals surface area contributed by atoms with Crippen molar-refractivity contribution in [2.75, 3.05) is 0 Å². The number of H-pyrrole nitrogens is 1. The average molecular weight is 254 g/mol. The topological polar surface area (TPSA) is 104 Å². The molecule has 0 unspecified atom stereocenters. The number of hydrogen-bond donors (Lipinski definition) is 1. The first-order valence-corrected chi connectivity index (χ1v) is 5.88. The zero-order chi connectivity index (χ0) is 12.7. The van der Waals surface area contributed by atoms with Gasteiger partial charge in [0.15, 0.2) is 12.4 Å². The van der Waals surface area contributed by atoms with Crippen LogP contribution >= 0.6 is 0 Å². The molecule has 2 aromatic rings. The minimum absolute atomic E-state index is 1.19. The van der Waals surface area contributed by atoms with Gasteiger partial charge in [-0.2, -0.15) is 0 Å². The highest BCUT2D eigenvalue weighted by molar-refractivity contribution is 7.79. The van der Waals surface area contributed by atoms with Gasteiger partial charge in [0.05, 0.1) is 0 Å². The van der Waals surface area contributed by atoms with Crippen molar-refractivity contribution in [1.29, 1.82) is 0 Å². The molecule has 17 heavy (non-hydrogen) atoms. The van der Waals surface area contributed by atoms with Crippen molar-refractivity contribution in [3.05, 3.63) is 49.1 Å². The SMILES string of the molecule is O=S(=O)([O-])O.c1cc(-c2cc[nH+]cc2)ccn1. The molecule has 2 N–H and O–H groups in total. The summed E-state index contributed by atoms with van der Waals surface area (Å²) >= 11 is 0. The number of rotatable bonds is 1. The van der Waals surface area contributed by atoms with Crippen LogP contribution in [0.15, 0.2) is 49.1 Å². The van der Waals surface area contributed by atoms with Crippen LogP contribution in [0, 0.1) is 0 Å². The van der Waals surface area contributed by atoms with E-state index in [0.29, 0.717) is 0 Å². The van der Waals surface area contributed by atoms with Crippen molar-refractivity contribution in [2.45, 2.75) is 0 Å². The predicted octanol–water partition coefficient (Wildman–Crippen LogP) is 0.567. The molecule has 2 heterocycles. The van der Waals surface area contributed by atoms with Crippen molar-refractivity contribution in [2.24, 2.45) is 0 Å². The molecule has 0 saturated carbocycles. The van der Waals surface area contributed by atoms with E-state index in [9.17, 15) is 0 Å². The van der Waals surface area contributed by atoms with Crippen LogP contribution in [0.5, 0.6) is 0 Å². The highest BCUT2D eigenvalue weighted by Crippen LogP contribution is 2.14. The Morgan fingerprint density at radius 2 is 1.47 bits per heavy atom. The summed E-state index contributed by atoms with van der Waals surface area (Å²) in [7, 11) is -4.92. The minimum atomic E-state index is -4.92. The highest BCUT2D eigenvalue weighted by atomic mass is 32.3. The number of hydrogen-bond acceptors (Lipinski definition) is 4. The van der Waals surface area contributed by atoms with Crippen LogP contribution in [0.25, 0.3) is 11.1 Å². The van der Waals surface area contributed by atoms with Crippen molar-refractivity contribution in [3.8, 4) is 11.1 Å². The quantitative estimate of drug-likeness (QED) is 0.591. The van der Waals surface area contributed by atoms with Crippen molar-refractivity contribution in [3.63, 3.8) is 0 Å². The lowest BCUT2D eigenvalue weighted by molar-refractivity contribution is -0.377. The zero-order valence-electron chi connectivity index (χ0n) is 8.65. The van der Waals surface area contributed by atoms with E-state index in [1.54, 1.807) is 12.4 Å². The molecule has 6 nitrogen and oxygen atoms in total. The van der Waals surface area contributed by atoms with Gasteiger partial charge in [0.1, 0.15) is 0 Å². The number of aromatic nitrogens is 2. The number of pyridine rings is 2. The summed E-state index contributed by atoms with van der Waals surface area (Å²) in [6, 6.07) is 8.06. The summed E-state index contributed by atoms with van der Waals surface area (Å²) in [4.78, 5) is 6.95. The minimum Gasteiger partial charge on any atom is -0.726 e. The Balaban J connectivity index is 0.000000249. The Hall–Kier alpha value is -1.83. The van der Waals surface area contributed by atoms with Crippen molar-refractivity contribution >= 4 is 10.4 Å². The fraction of sp³-hybridized carbons (Fsp3) is 0. The molecule has 2 rings (SSSR count). The van der Waals surface area contributed by atoms with E-state index in [1.165, 1.54) is 11.1 Å². The third kappa shape index (κ3) is 6.36. The van der Waals surface area contributed by atoms with Gasteiger partial charge in [-0.3, -0.25) is 9.54 Å². The summed E-state index contributed by atoms with van der Waals surface area (Å²) in [5, 5.41) is 0. The fourth-order valence-corrected chi connectivity index (χ4v) is 1.12. The van der Waals surface area contributed by atoms with Gasteiger partial charge in [0, 0.05) is 24.5 Å². The molecule has 0 aliphatic carbocycles. The van der Waals surface area contributed by atoms with Crippen LogP contribution < -0.4 is 4.98 Å². The molecular formula is C10H10N2O4S. The normalized spacial score (nSPS) is 10.2. The van der Waals surface area contributed by atoms with E-state index in [1.807, 2.05) is 36.7 Å². The molecule has 7 heteroatoms. The second-order valence-electron chi connectivity index (χ2n) is 2.95. The lowest BCUT2D eigenvalue weighted by Gasteiger charge is -1.95. The first kappa shape index (κ1) is 13.2. The van der Waals surface area contributed by atoms with Crippen molar-refractivity contribution in [1.82, 2.24) is 4.98 Å². The number of nitrogens with zero attached hydrogens (tertiary/aromatic N) is 1. The number of aromatic amines is 1. The monoisotopic (exact) mass is 254 g/mol. The Kier molecular flexibility index (Phi) is 4.70. The van der Waals surface area contributed by atoms with E-state index < -0.39 is 10.4 Å². The third-order valence-corrected chi connectivity index (χ3v) is 1.73. The summed E-state index contributed by atoms with van der Waals surface area (Å²) in [6.07, 6.45) is 7.42. The third-order valence-electron chi connectivity index (χ3n) is 1.73. The van der Waals surface area contributed by atoms with E-state index in [2.05, 4.69) is 9.97 Å². The predicted molar refractivity (Wildman–Crippen MR) is 58.6 cm³/mol.